The average molecular weight is 370 g/mol. The summed E-state index contributed by atoms with van der Waals surface area (Å²) < 4.78 is 0.985. The molecular weight excluding hydrogens is 358 g/mol. The number of nitrogens with one attached hydrogen (secondary N) is 2. The van der Waals surface area contributed by atoms with Crippen molar-refractivity contribution in [3.63, 3.8) is 0 Å². The highest BCUT2D eigenvalue weighted by atomic mass is 79.9. The van der Waals surface area contributed by atoms with Gasteiger partial charge in [0.05, 0.1) is 17.6 Å². The van der Waals surface area contributed by atoms with E-state index in [9.17, 15) is 4.79 Å². The number of hydrazone groups is 1. The Bertz CT molecular complexity index is 827. The Morgan fingerprint density at radius 1 is 1.22 bits per heavy atom. The van der Waals surface area contributed by atoms with Gasteiger partial charge in [-0.25, -0.2) is 5.43 Å². The molecule has 0 bridgehead atoms. The molecule has 2 aromatic heterocycles. The molecule has 0 spiro atoms. The van der Waals surface area contributed by atoms with E-state index in [2.05, 4.69) is 41.6 Å². The summed E-state index contributed by atoms with van der Waals surface area (Å²) in [6, 6.07) is 14.8. The van der Waals surface area contributed by atoms with E-state index in [1.54, 1.807) is 18.3 Å². The van der Waals surface area contributed by atoms with Gasteiger partial charge in [-0.1, -0.05) is 34.1 Å². The van der Waals surface area contributed by atoms with Crippen LogP contribution in [0.1, 0.15) is 16.2 Å². The molecule has 114 valence electrons. The minimum Gasteiger partial charge on any atom is -0.272 e. The summed E-state index contributed by atoms with van der Waals surface area (Å²) in [4.78, 5) is 16.1. The zero-order valence-electron chi connectivity index (χ0n) is 11.9. The van der Waals surface area contributed by atoms with Crippen molar-refractivity contribution in [2.24, 2.45) is 5.10 Å². The predicted octanol–water partition coefficient (Wildman–Crippen LogP) is 3.00. The number of rotatable bonds is 4. The summed E-state index contributed by atoms with van der Waals surface area (Å²) in [5, 5.41) is 10.7. The molecule has 0 aliphatic carbocycles. The highest BCUT2D eigenvalue weighted by Gasteiger charge is 2.10. The number of nitrogens with zero attached hydrogens (tertiary/aromatic N) is 3. The van der Waals surface area contributed by atoms with E-state index >= 15 is 0 Å². The fraction of sp³-hybridized carbons (Fsp3) is 0. The van der Waals surface area contributed by atoms with Gasteiger partial charge in [-0.3, -0.25) is 14.9 Å². The van der Waals surface area contributed by atoms with E-state index < -0.39 is 0 Å². The first-order valence-electron chi connectivity index (χ1n) is 6.78. The zero-order chi connectivity index (χ0) is 16.1. The number of hydrogen-bond donors (Lipinski definition) is 2. The predicted molar refractivity (Wildman–Crippen MR) is 91.0 cm³/mol. The van der Waals surface area contributed by atoms with Gasteiger partial charge in [0.15, 0.2) is 0 Å². The quantitative estimate of drug-likeness (QED) is 0.547. The van der Waals surface area contributed by atoms with Crippen LogP contribution in [0.25, 0.3) is 11.3 Å². The molecule has 0 atom stereocenters. The molecule has 0 aliphatic heterocycles. The summed E-state index contributed by atoms with van der Waals surface area (Å²) in [5.74, 6) is -0.368. The van der Waals surface area contributed by atoms with Crippen LogP contribution in [0.4, 0.5) is 0 Å². The number of hydrogen-bond acceptors (Lipinski definition) is 4. The maximum Gasteiger partial charge on any atom is 0.289 e. The van der Waals surface area contributed by atoms with Gasteiger partial charge in [0.2, 0.25) is 0 Å². The topological polar surface area (TPSA) is 83.0 Å². The van der Waals surface area contributed by atoms with Crippen molar-refractivity contribution < 1.29 is 4.79 Å². The van der Waals surface area contributed by atoms with Crippen LogP contribution >= 0.6 is 15.9 Å². The second-order valence-corrected chi connectivity index (χ2v) is 5.54. The fourth-order valence-electron chi connectivity index (χ4n) is 1.88. The van der Waals surface area contributed by atoms with Gasteiger partial charge in [-0.15, -0.1) is 0 Å². The Balaban J connectivity index is 1.67. The molecule has 7 heteroatoms. The van der Waals surface area contributed by atoms with Crippen molar-refractivity contribution in [2.45, 2.75) is 0 Å². The zero-order valence-corrected chi connectivity index (χ0v) is 13.5. The van der Waals surface area contributed by atoms with Gasteiger partial charge >= 0.3 is 0 Å². The Kier molecular flexibility index (Phi) is 4.58. The lowest BCUT2D eigenvalue weighted by Gasteiger charge is -1.96. The third kappa shape index (κ3) is 3.89. The van der Waals surface area contributed by atoms with Crippen LogP contribution in [-0.2, 0) is 0 Å². The van der Waals surface area contributed by atoms with Gasteiger partial charge in [0.1, 0.15) is 5.69 Å². The monoisotopic (exact) mass is 369 g/mol. The van der Waals surface area contributed by atoms with Gasteiger partial charge < -0.3 is 0 Å². The normalized spacial score (nSPS) is 10.8. The Labute approximate surface area is 140 Å². The van der Waals surface area contributed by atoms with Gasteiger partial charge in [0.25, 0.3) is 5.91 Å². The number of carbonyl (C=O) groups is 1. The molecule has 3 aromatic rings. The van der Waals surface area contributed by atoms with Crippen LogP contribution in [0.5, 0.6) is 0 Å². The Morgan fingerprint density at radius 3 is 2.78 bits per heavy atom. The van der Waals surface area contributed by atoms with E-state index in [1.807, 2.05) is 36.4 Å². The first kappa shape index (κ1) is 15.1. The molecule has 0 aliphatic rings. The second kappa shape index (κ2) is 6.97. The summed E-state index contributed by atoms with van der Waals surface area (Å²) >= 11 is 3.38. The van der Waals surface area contributed by atoms with Gasteiger partial charge in [-0.05, 0) is 30.3 Å². The molecule has 0 saturated heterocycles. The van der Waals surface area contributed by atoms with Crippen molar-refractivity contribution in [1.82, 2.24) is 20.6 Å². The minimum absolute atomic E-state index is 0.334. The van der Waals surface area contributed by atoms with E-state index in [1.165, 1.54) is 6.21 Å². The molecule has 23 heavy (non-hydrogen) atoms. The van der Waals surface area contributed by atoms with E-state index in [0.29, 0.717) is 17.1 Å². The first-order valence-corrected chi connectivity index (χ1v) is 7.57. The number of benzene rings is 1. The maximum absolute atomic E-state index is 12.0. The SMILES string of the molecule is O=C(N/N=C/c1ccccn1)c1cc(-c2ccc(Br)cc2)n[nH]1. The largest absolute Gasteiger partial charge is 0.289 e. The number of halogens is 1. The maximum atomic E-state index is 12.0. The Hall–Kier alpha value is -2.80. The molecule has 6 nitrogen and oxygen atoms in total. The van der Waals surface area contributed by atoms with E-state index in [4.69, 9.17) is 0 Å². The van der Waals surface area contributed by atoms with E-state index in [0.717, 1.165) is 10.0 Å². The third-order valence-electron chi connectivity index (χ3n) is 3.01. The summed E-state index contributed by atoms with van der Waals surface area (Å²) in [6.45, 7) is 0. The van der Waals surface area contributed by atoms with Crippen LogP contribution in [0.15, 0.2) is 64.3 Å². The molecule has 1 aromatic carbocycles. The summed E-state index contributed by atoms with van der Waals surface area (Å²) in [7, 11) is 0. The van der Waals surface area contributed by atoms with Crippen LogP contribution in [-0.4, -0.2) is 27.3 Å². The number of aromatic nitrogens is 3. The molecule has 2 heterocycles. The van der Waals surface area contributed by atoms with E-state index in [-0.39, 0.29) is 5.91 Å². The summed E-state index contributed by atoms with van der Waals surface area (Å²) in [5.41, 5.74) is 5.04. The van der Waals surface area contributed by atoms with Crippen molar-refractivity contribution >= 4 is 28.1 Å². The number of H-pyrrole nitrogens is 1. The fourth-order valence-corrected chi connectivity index (χ4v) is 2.14. The van der Waals surface area contributed by atoms with Gasteiger partial charge in [0, 0.05) is 16.2 Å². The number of carbonyl (C=O) groups excluding carboxylic acids is 1. The number of pyridine rings is 1. The molecule has 0 saturated carbocycles. The molecule has 3 rings (SSSR count). The van der Waals surface area contributed by atoms with Crippen molar-refractivity contribution in [2.75, 3.05) is 0 Å². The third-order valence-corrected chi connectivity index (χ3v) is 3.54. The van der Waals surface area contributed by atoms with Crippen molar-refractivity contribution in [1.29, 1.82) is 0 Å². The average Bonchev–Trinajstić information content (AvgIpc) is 3.06. The number of amides is 1. The Morgan fingerprint density at radius 2 is 2.04 bits per heavy atom. The standard InChI is InChI=1S/C16H12BrN5O/c17-12-6-4-11(5-7-12)14-9-15(21-20-14)16(23)22-19-10-13-3-1-2-8-18-13/h1-10H,(H,20,21)(H,22,23)/b19-10+. The highest BCUT2D eigenvalue weighted by Crippen LogP contribution is 2.20. The molecular formula is C16H12BrN5O. The van der Waals surface area contributed by atoms with Crippen molar-refractivity contribution in [3.8, 4) is 11.3 Å². The lowest BCUT2D eigenvalue weighted by Crippen LogP contribution is -2.18. The van der Waals surface area contributed by atoms with Crippen LogP contribution in [0.3, 0.4) is 0 Å². The smallest absolute Gasteiger partial charge is 0.272 e. The van der Waals surface area contributed by atoms with Crippen LogP contribution in [0.2, 0.25) is 0 Å². The lowest BCUT2D eigenvalue weighted by molar-refractivity contribution is 0.0950. The summed E-state index contributed by atoms with van der Waals surface area (Å²) in [6.07, 6.45) is 3.13. The molecule has 2 N–H and O–H groups in total. The molecule has 0 radical (unpaired) electrons. The number of aromatic amines is 1. The second-order valence-electron chi connectivity index (χ2n) is 4.63. The first-order chi connectivity index (χ1) is 11.2. The minimum atomic E-state index is -0.368. The molecule has 1 amide bonds. The van der Waals surface area contributed by atoms with Gasteiger partial charge in [-0.2, -0.15) is 10.2 Å². The molecule has 0 fully saturated rings. The lowest BCUT2D eigenvalue weighted by atomic mass is 10.1. The van der Waals surface area contributed by atoms with Crippen molar-refractivity contribution in [3.05, 3.63) is 70.6 Å². The van der Waals surface area contributed by atoms with Crippen LogP contribution < -0.4 is 5.43 Å². The highest BCUT2D eigenvalue weighted by molar-refractivity contribution is 9.10. The molecule has 0 unspecified atom stereocenters. The van der Waals surface area contributed by atoms with Crippen LogP contribution in [0, 0.1) is 0 Å².